The SMILES string of the molecule is COc1ccc(-c2oc3cc(C)c(C)cc3c(=O)c2OCc2ccccc2C#N)cc1. The van der Waals surface area contributed by atoms with Crippen molar-refractivity contribution in [2.75, 3.05) is 7.11 Å². The summed E-state index contributed by atoms with van der Waals surface area (Å²) in [5, 5.41) is 9.81. The molecule has 5 nitrogen and oxygen atoms in total. The van der Waals surface area contributed by atoms with Crippen LogP contribution < -0.4 is 14.9 Å². The largest absolute Gasteiger partial charge is 0.497 e. The van der Waals surface area contributed by atoms with Crippen molar-refractivity contribution in [1.29, 1.82) is 5.26 Å². The van der Waals surface area contributed by atoms with Crippen LogP contribution in [0.25, 0.3) is 22.3 Å². The topological polar surface area (TPSA) is 72.5 Å². The van der Waals surface area contributed by atoms with Gasteiger partial charge in [0.2, 0.25) is 11.2 Å². The molecular weight excluding hydrogens is 390 g/mol. The Kier molecular flexibility index (Phi) is 5.46. The first-order valence-electron chi connectivity index (χ1n) is 9.85. The summed E-state index contributed by atoms with van der Waals surface area (Å²) in [5.41, 5.74) is 4.19. The highest BCUT2D eigenvalue weighted by atomic mass is 16.5. The monoisotopic (exact) mass is 411 g/mol. The first-order valence-corrected chi connectivity index (χ1v) is 9.85. The summed E-state index contributed by atoms with van der Waals surface area (Å²) in [6.07, 6.45) is 0. The van der Waals surface area contributed by atoms with Gasteiger partial charge in [-0.2, -0.15) is 5.26 Å². The van der Waals surface area contributed by atoms with Gasteiger partial charge in [0.05, 0.1) is 24.1 Å². The number of hydrogen-bond donors (Lipinski definition) is 0. The van der Waals surface area contributed by atoms with Crippen molar-refractivity contribution in [3.8, 4) is 28.9 Å². The summed E-state index contributed by atoms with van der Waals surface area (Å²) in [6, 6.07) is 20.2. The maximum absolute atomic E-state index is 13.4. The number of nitrogens with zero attached hydrogens (tertiary/aromatic N) is 1. The van der Waals surface area contributed by atoms with Crippen LogP contribution in [0.3, 0.4) is 0 Å². The molecule has 5 heteroatoms. The van der Waals surface area contributed by atoms with Gasteiger partial charge in [-0.1, -0.05) is 18.2 Å². The molecule has 0 aliphatic carbocycles. The highest BCUT2D eigenvalue weighted by Crippen LogP contribution is 2.33. The summed E-state index contributed by atoms with van der Waals surface area (Å²) in [4.78, 5) is 13.4. The molecule has 0 saturated heterocycles. The Labute approximate surface area is 180 Å². The summed E-state index contributed by atoms with van der Waals surface area (Å²) in [5.74, 6) is 1.16. The minimum Gasteiger partial charge on any atom is -0.497 e. The van der Waals surface area contributed by atoms with Gasteiger partial charge < -0.3 is 13.9 Å². The molecule has 0 radical (unpaired) electrons. The molecule has 1 aromatic heterocycles. The van der Waals surface area contributed by atoms with E-state index in [1.165, 1.54) is 0 Å². The van der Waals surface area contributed by atoms with Gasteiger partial charge in [-0.25, -0.2) is 0 Å². The summed E-state index contributed by atoms with van der Waals surface area (Å²) in [7, 11) is 1.59. The fourth-order valence-electron chi connectivity index (χ4n) is 3.40. The molecular formula is C26H21NO4. The third kappa shape index (κ3) is 3.88. The number of benzene rings is 3. The van der Waals surface area contributed by atoms with Crippen LogP contribution in [-0.2, 0) is 6.61 Å². The molecule has 0 bridgehead atoms. The van der Waals surface area contributed by atoms with E-state index in [2.05, 4.69) is 6.07 Å². The zero-order valence-corrected chi connectivity index (χ0v) is 17.6. The predicted molar refractivity (Wildman–Crippen MR) is 119 cm³/mol. The van der Waals surface area contributed by atoms with Gasteiger partial charge in [0, 0.05) is 11.1 Å². The van der Waals surface area contributed by atoms with Gasteiger partial charge in [-0.15, -0.1) is 0 Å². The number of rotatable bonds is 5. The lowest BCUT2D eigenvalue weighted by Gasteiger charge is -2.13. The van der Waals surface area contributed by atoms with Crippen LogP contribution in [-0.4, -0.2) is 7.11 Å². The van der Waals surface area contributed by atoms with Gasteiger partial charge in [0.15, 0.2) is 5.76 Å². The lowest BCUT2D eigenvalue weighted by Crippen LogP contribution is -2.11. The third-order valence-electron chi connectivity index (χ3n) is 5.33. The maximum Gasteiger partial charge on any atom is 0.235 e. The summed E-state index contributed by atoms with van der Waals surface area (Å²) >= 11 is 0. The molecule has 0 aliphatic heterocycles. The Morgan fingerprint density at radius 1 is 1.00 bits per heavy atom. The first-order chi connectivity index (χ1) is 15.0. The second-order valence-corrected chi connectivity index (χ2v) is 7.31. The second kappa shape index (κ2) is 8.37. The number of nitriles is 1. The normalized spacial score (nSPS) is 10.6. The zero-order valence-electron chi connectivity index (χ0n) is 17.6. The van der Waals surface area contributed by atoms with Crippen molar-refractivity contribution >= 4 is 11.0 Å². The molecule has 31 heavy (non-hydrogen) atoms. The average Bonchev–Trinajstić information content (AvgIpc) is 2.80. The van der Waals surface area contributed by atoms with Crippen molar-refractivity contribution in [1.82, 2.24) is 0 Å². The minimum atomic E-state index is -0.246. The Hall–Kier alpha value is -4.04. The van der Waals surface area contributed by atoms with Crippen molar-refractivity contribution in [3.63, 3.8) is 0 Å². The van der Waals surface area contributed by atoms with Crippen LogP contribution in [0.1, 0.15) is 22.3 Å². The maximum atomic E-state index is 13.4. The summed E-state index contributed by atoms with van der Waals surface area (Å²) in [6.45, 7) is 4.01. The van der Waals surface area contributed by atoms with Crippen molar-refractivity contribution in [3.05, 3.63) is 93.1 Å². The zero-order chi connectivity index (χ0) is 22.0. The molecule has 3 aromatic carbocycles. The van der Waals surface area contributed by atoms with Gasteiger partial charge in [-0.05, 0) is 67.4 Å². The number of hydrogen-bond acceptors (Lipinski definition) is 5. The van der Waals surface area contributed by atoms with Gasteiger partial charge in [-0.3, -0.25) is 4.79 Å². The van der Waals surface area contributed by atoms with Crippen LogP contribution in [0.4, 0.5) is 0 Å². The van der Waals surface area contributed by atoms with Gasteiger partial charge in [0.25, 0.3) is 0 Å². The molecule has 0 unspecified atom stereocenters. The van der Waals surface area contributed by atoms with E-state index in [9.17, 15) is 10.1 Å². The number of fused-ring (bicyclic) bond motifs is 1. The Morgan fingerprint density at radius 3 is 2.42 bits per heavy atom. The quantitative estimate of drug-likeness (QED) is 0.431. The van der Waals surface area contributed by atoms with Gasteiger partial charge in [0.1, 0.15) is 17.9 Å². The molecule has 0 saturated carbocycles. The lowest BCUT2D eigenvalue weighted by molar-refractivity contribution is 0.297. The smallest absolute Gasteiger partial charge is 0.235 e. The minimum absolute atomic E-state index is 0.0774. The van der Waals surface area contributed by atoms with Crippen molar-refractivity contribution < 1.29 is 13.9 Å². The standard InChI is InChI=1S/C26H21NO4/c1-16-12-22-23(13-17(16)2)31-25(18-8-10-21(29-3)11-9-18)26(24(22)28)30-15-20-7-5-4-6-19(20)14-27/h4-13H,15H2,1-3H3. The summed E-state index contributed by atoms with van der Waals surface area (Å²) < 4.78 is 17.4. The molecule has 4 rings (SSSR count). The molecule has 0 fully saturated rings. The van der Waals surface area contributed by atoms with Crippen molar-refractivity contribution in [2.24, 2.45) is 0 Å². The van der Waals surface area contributed by atoms with Crippen LogP contribution in [0.2, 0.25) is 0 Å². The fraction of sp³-hybridized carbons (Fsp3) is 0.154. The molecule has 1 heterocycles. The van der Waals surface area contributed by atoms with E-state index in [0.29, 0.717) is 39.2 Å². The van der Waals surface area contributed by atoms with Crippen LogP contribution in [0, 0.1) is 25.2 Å². The Morgan fingerprint density at radius 2 is 1.71 bits per heavy atom. The molecule has 154 valence electrons. The van der Waals surface area contributed by atoms with Crippen LogP contribution >= 0.6 is 0 Å². The first kappa shape index (κ1) is 20.2. The van der Waals surface area contributed by atoms with Crippen LogP contribution in [0.15, 0.2) is 69.9 Å². The Bertz CT molecular complexity index is 1360. The van der Waals surface area contributed by atoms with E-state index >= 15 is 0 Å². The predicted octanol–water partition coefficient (Wildman–Crippen LogP) is 5.54. The van der Waals surface area contributed by atoms with Crippen molar-refractivity contribution in [2.45, 2.75) is 20.5 Å². The van der Waals surface area contributed by atoms with E-state index < -0.39 is 0 Å². The molecule has 4 aromatic rings. The lowest BCUT2D eigenvalue weighted by atomic mass is 10.0. The molecule has 0 aliphatic rings. The second-order valence-electron chi connectivity index (χ2n) is 7.31. The molecule has 0 spiro atoms. The number of methoxy groups -OCH3 is 1. The fourth-order valence-corrected chi connectivity index (χ4v) is 3.40. The third-order valence-corrected chi connectivity index (χ3v) is 5.33. The highest BCUT2D eigenvalue weighted by molar-refractivity contribution is 5.83. The van der Waals surface area contributed by atoms with E-state index in [4.69, 9.17) is 13.9 Å². The molecule has 0 N–H and O–H groups in total. The number of aryl methyl sites for hydroxylation is 2. The average molecular weight is 411 g/mol. The highest BCUT2D eigenvalue weighted by Gasteiger charge is 2.19. The van der Waals surface area contributed by atoms with E-state index in [1.807, 2.05) is 50.2 Å². The van der Waals surface area contributed by atoms with E-state index in [0.717, 1.165) is 11.1 Å². The number of ether oxygens (including phenoxy) is 2. The molecule has 0 amide bonds. The van der Waals surface area contributed by atoms with Gasteiger partial charge >= 0.3 is 0 Å². The van der Waals surface area contributed by atoms with E-state index in [-0.39, 0.29) is 17.8 Å². The Balaban J connectivity index is 1.88. The van der Waals surface area contributed by atoms with Crippen LogP contribution in [0.5, 0.6) is 11.5 Å². The van der Waals surface area contributed by atoms with E-state index in [1.54, 1.807) is 31.4 Å². The molecule has 0 atom stereocenters.